The van der Waals surface area contributed by atoms with Gasteiger partial charge in [0.2, 0.25) is 0 Å². The molecule has 0 aliphatic carbocycles. The number of amides is 2. The van der Waals surface area contributed by atoms with E-state index in [1.165, 1.54) is 6.20 Å². The molecule has 0 bridgehead atoms. The van der Waals surface area contributed by atoms with Gasteiger partial charge in [-0.1, -0.05) is 29.5 Å². The molecule has 7 heteroatoms. The normalized spacial score (nSPS) is 10.1. The third-order valence-electron chi connectivity index (χ3n) is 2.66. The summed E-state index contributed by atoms with van der Waals surface area (Å²) < 4.78 is 0. The molecule has 0 aliphatic rings. The Morgan fingerprint density at radius 3 is 2.45 bits per heavy atom. The Morgan fingerprint density at radius 1 is 1.20 bits per heavy atom. The Labute approximate surface area is 119 Å². The molecule has 0 aliphatic heterocycles. The number of carbonyl (C=O) groups excluding carboxylic acids is 1. The molecule has 3 N–H and O–H groups in total. The molecule has 0 spiro atoms. The minimum atomic E-state index is -1.21. The Hall–Kier alpha value is -2.41. The van der Waals surface area contributed by atoms with E-state index in [2.05, 4.69) is 15.6 Å². The standard InChI is InChI=1S/C13H13N3O3S/c1-7-4-3-5-8(2)10(7)15-11(17)9-6-14-12(20-9)16-13(18)19/h3-6H,1-2H3,(H,14,16)(H,15,17)(H,18,19). The monoisotopic (exact) mass is 291 g/mol. The number of carboxylic acid groups (broad SMARTS) is 1. The van der Waals surface area contributed by atoms with Crippen LogP contribution in [0.4, 0.5) is 15.6 Å². The molecule has 0 saturated heterocycles. The van der Waals surface area contributed by atoms with Gasteiger partial charge in [-0.25, -0.2) is 9.78 Å². The summed E-state index contributed by atoms with van der Waals surface area (Å²) in [5.74, 6) is -0.307. The average molecular weight is 291 g/mol. The van der Waals surface area contributed by atoms with Crippen molar-refractivity contribution in [2.24, 2.45) is 0 Å². The molecule has 2 amide bonds. The molecule has 6 nitrogen and oxygen atoms in total. The van der Waals surface area contributed by atoms with Gasteiger partial charge in [0.15, 0.2) is 5.13 Å². The summed E-state index contributed by atoms with van der Waals surface area (Å²) in [5, 5.41) is 13.7. The van der Waals surface area contributed by atoms with Gasteiger partial charge in [0.25, 0.3) is 5.91 Å². The predicted octanol–water partition coefficient (Wildman–Crippen LogP) is 3.10. The molecule has 1 aromatic carbocycles. The van der Waals surface area contributed by atoms with Crippen molar-refractivity contribution in [1.29, 1.82) is 0 Å². The summed E-state index contributed by atoms with van der Waals surface area (Å²) >= 11 is 0.985. The fourth-order valence-corrected chi connectivity index (χ4v) is 2.42. The number of hydrogen-bond acceptors (Lipinski definition) is 4. The lowest BCUT2D eigenvalue weighted by Gasteiger charge is -2.10. The van der Waals surface area contributed by atoms with Crippen LogP contribution in [0.3, 0.4) is 0 Å². The van der Waals surface area contributed by atoms with Gasteiger partial charge in [0, 0.05) is 5.69 Å². The van der Waals surface area contributed by atoms with Crippen molar-refractivity contribution in [2.75, 3.05) is 10.6 Å². The van der Waals surface area contributed by atoms with E-state index in [1.807, 2.05) is 32.0 Å². The van der Waals surface area contributed by atoms with Crippen molar-refractivity contribution in [3.8, 4) is 0 Å². The molecule has 0 atom stereocenters. The number of nitrogens with one attached hydrogen (secondary N) is 2. The third-order valence-corrected chi connectivity index (χ3v) is 3.57. The first-order valence-electron chi connectivity index (χ1n) is 5.80. The first-order chi connectivity index (χ1) is 9.47. The lowest BCUT2D eigenvalue weighted by Crippen LogP contribution is -2.12. The Bertz CT molecular complexity index is 646. The van der Waals surface area contributed by atoms with Crippen LogP contribution in [-0.4, -0.2) is 22.1 Å². The average Bonchev–Trinajstić information content (AvgIpc) is 2.81. The molecule has 104 valence electrons. The molecular formula is C13H13N3O3S. The SMILES string of the molecule is Cc1cccc(C)c1NC(=O)c1cnc(NC(=O)O)s1. The van der Waals surface area contributed by atoms with Crippen LogP contribution in [0.2, 0.25) is 0 Å². The minimum Gasteiger partial charge on any atom is -0.465 e. The van der Waals surface area contributed by atoms with Gasteiger partial charge in [-0.05, 0) is 25.0 Å². The van der Waals surface area contributed by atoms with Crippen molar-refractivity contribution in [3.63, 3.8) is 0 Å². The number of nitrogens with zero attached hydrogens (tertiary/aromatic N) is 1. The van der Waals surface area contributed by atoms with E-state index in [-0.39, 0.29) is 11.0 Å². The van der Waals surface area contributed by atoms with Crippen molar-refractivity contribution in [3.05, 3.63) is 40.4 Å². The number of hydrogen-bond donors (Lipinski definition) is 3. The summed E-state index contributed by atoms with van der Waals surface area (Å²) in [6, 6.07) is 5.74. The van der Waals surface area contributed by atoms with Gasteiger partial charge in [0.1, 0.15) is 4.88 Å². The lowest BCUT2D eigenvalue weighted by atomic mass is 10.1. The zero-order chi connectivity index (χ0) is 14.7. The van der Waals surface area contributed by atoms with Crippen molar-refractivity contribution in [2.45, 2.75) is 13.8 Å². The molecule has 20 heavy (non-hydrogen) atoms. The first-order valence-corrected chi connectivity index (χ1v) is 6.62. The molecule has 0 fully saturated rings. The van der Waals surface area contributed by atoms with Gasteiger partial charge in [-0.2, -0.15) is 0 Å². The van der Waals surface area contributed by atoms with E-state index in [1.54, 1.807) is 0 Å². The second kappa shape index (κ2) is 5.70. The Balaban J connectivity index is 2.16. The zero-order valence-corrected chi connectivity index (χ0v) is 11.7. The zero-order valence-electron chi connectivity index (χ0n) is 10.9. The molecule has 0 saturated carbocycles. The lowest BCUT2D eigenvalue weighted by molar-refractivity contribution is 0.103. The molecule has 0 unspecified atom stereocenters. The minimum absolute atomic E-state index is 0.171. The van der Waals surface area contributed by atoms with Crippen LogP contribution < -0.4 is 10.6 Å². The first kappa shape index (κ1) is 14.0. The Kier molecular flexibility index (Phi) is 3.99. The van der Waals surface area contributed by atoms with Crippen molar-refractivity contribution < 1.29 is 14.7 Å². The maximum Gasteiger partial charge on any atom is 0.410 e. The predicted molar refractivity (Wildman–Crippen MR) is 77.6 cm³/mol. The third kappa shape index (κ3) is 3.12. The van der Waals surface area contributed by atoms with Gasteiger partial charge in [0.05, 0.1) is 6.20 Å². The summed E-state index contributed by atoms with van der Waals surface area (Å²) in [6.07, 6.45) is 0.139. The molecule has 2 aromatic rings. The van der Waals surface area contributed by atoms with Gasteiger partial charge < -0.3 is 10.4 Å². The van der Waals surface area contributed by atoms with Crippen LogP contribution in [-0.2, 0) is 0 Å². The van der Waals surface area contributed by atoms with Crippen LogP contribution in [0.5, 0.6) is 0 Å². The maximum atomic E-state index is 12.1. The van der Waals surface area contributed by atoms with Crippen molar-refractivity contribution >= 4 is 34.2 Å². The highest BCUT2D eigenvalue weighted by Crippen LogP contribution is 2.23. The number of carbonyl (C=O) groups is 2. The van der Waals surface area contributed by atoms with E-state index in [0.717, 1.165) is 28.2 Å². The van der Waals surface area contributed by atoms with Crippen LogP contribution in [0.25, 0.3) is 0 Å². The Morgan fingerprint density at radius 2 is 1.85 bits per heavy atom. The smallest absolute Gasteiger partial charge is 0.410 e. The van der Waals surface area contributed by atoms with Crippen LogP contribution in [0.15, 0.2) is 24.4 Å². The number of anilines is 2. The van der Waals surface area contributed by atoms with Crippen LogP contribution in [0.1, 0.15) is 20.8 Å². The number of para-hydroxylation sites is 1. The summed E-state index contributed by atoms with van der Waals surface area (Å²) in [7, 11) is 0. The largest absolute Gasteiger partial charge is 0.465 e. The van der Waals surface area contributed by atoms with E-state index >= 15 is 0 Å². The summed E-state index contributed by atoms with van der Waals surface area (Å²) in [6.45, 7) is 3.82. The molecular weight excluding hydrogens is 278 g/mol. The fourth-order valence-electron chi connectivity index (χ4n) is 1.72. The highest BCUT2D eigenvalue weighted by Gasteiger charge is 2.13. The fraction of sp³-hybridized carbons (Fsp3) is 0.154. The second-order valence-corrected chi connectivity index (χ2v) is 5.21. The maximum absolute atomic E-state index is 12.1. The van der Waals surface area contributed by atoms with Gasteiger partial charge in [-0.15, -0.1) is 0 Å². The molecule has 0 radical (unpaired) electrons. The van der Waals surface area contributed by atoms with Crippen LogP contribution >= 0.6 is 11.3 Å². The topological polar surface area (TPSA) is 91.3 Å². The van der Waals surface area contributed by atoms with Crippen molar-refractivity contribution in [1.82, 2.24) is 4.98 Å². The van der Waals surface area contributed by atoms with Gasteiger partial charge >= 0.3 is 6.09 Å². The number of thiazole rings is 1. The number of rotatable bonds is 3. The quantitative estimate of drug-likeness (QED) is 0.810. The number of benzene rings is 1. The van der Waals surface area contributed by atoms with Crippen LogP contribution in [0, 0.1) is 13.8 Å². The molecule has 1 heterocycles. The van der Waals surface area contributed by atoms with E-state index in [4.69, 9.17) is 5.11 Å². The van der Waals surface area contributed by atoms with E-state index < -0.39 is 6.09 Å². The van der Waals surface area contributed by atoms with E-state index in [9.17, 15) is 9.59 Å². The van der Waals surface area contributed by atoms with Gasteiger partial charge in [-0.3, -0.25) is 10.1 Å². The highest BCUT2D eigenvalue weighted by molar-refractivity contribution is 7.17. The number of aryl methyl sites for hydroxylation is 2. The number of aromatic nitrogens is 1. The molecule has 1 aromatic heterocycles. The summed E-state index contributed by atoms with van der Waals surface area (Å²) in [4.78, 5) is 26.8. The highest BCUT2D eigenvalue weighted by atomic mass is 32.1. The van der Waals surface area contributed by atoms with E-state index in [0.29, 0.717) is 4.88 Å². The second-order valence-electron chi connectivity index (χ2n) is 4.18. The molecule has 2 rings (SSSR count). The summed E-state index contributed by atoms with van der Waals surface area (Å²) in [5.41, 5.74) is 2.69.